The van der Waals surface area contributed by atoms with Gasteiger partial charge in [-0.2, -0.15) is 5.26 Å². The lowest BCUT2D eigenvalue weighted by Gasteiger charge is -2.08. The standard InChI is InChI=1S/C15H14NO4/c1-11(18)20-7-6-13(10-17)8-15(19)14-4-2-12(9-16)3-5-14/h2-5,13H,6-8H2,1H3. The highest BCUT2D eigenvalue weighted by molar-refractivity contribution is 5.97. The zero-order valence-electron chi connectivity index (χ0n) is 11.1. The summed E-state index contributed by atoms with van der Waals surface area (Å²) in [7, 11) is 0. The molecule has 1 aromatic rings. The van der Waals surface area contributed by atoms with Crippen LogP contribution in [0, 0.1) is 17.2 Å². The molecule has 5 nitrogen and oxygen atoms in total. The minimum absolute atomic E-state index is 0.0106. The summed E-state index contributed by atoms with van der Waals surface area (Å²) < 4.78 is 4.73. The van der Waals surface area contributed by atoms with Gasteiger partial charge in [-0.15, -0.1) is 0 Å². The quantitative estimate of drug-likeness (QED) is 0.558. The van der Waals surface area contributed by atoms with Gasteiger partial charge in [0.05, 0.1) is 18.2 Å². The van der Waals surface area contributed by atoms with E-state index in [1.807, 2.05) is 6.07 Å². The van der Waals surface area contributed by atoms with Crippen molar-refractivity contribution < 1.29 is 19.1 Å². The van der Waals surface area contributed by atoms with Crippen molar-refractivity contribution in [1.82, 2.24) is 0 Å². The third-order valence-corrected chi connectivity index (χ3v) is 2.71. The number of ether oxygens (including phenoxy) is 1. The molecule has 1 aromatic carbocycles. The Morgan fingerprint density at radius 1 is 1.30 bits per heavy atom. The molecule has 0 aliphatic carbocycles. The lowest BCUT2D eigenvalue weighted by Crippen LogP contribution is -2.13. The number of hydrogen-bond acceptors (Lipinski definition) is 5. The van der Waals surface area contributed by atoms with Crippen LogP contribution in [-0.2, 0) is 14.3 Å². The largest absolute Gasteiger partial charge is 0.466 e. The van der Waals surface area contributed by atoms with E-state index in [-0.39, 0.29) is 25.2 Å². The molecule has 0 aliphatic rings. The van der Waals surface area contributed by atoms with E-state index in [2.05, 4.69) is 0 Å². The van der Waals surface area contributed by atoms with E-state index in [9.17, 15) is 14.4 Å². The molecule has 1 rings (SSSR count). The molecular formula is C15H14NO4. The minimum atomic E-state index is -0.600. The summed E-state index contributed by atoms with van der Waals surface area (Å²) in [5.41, 5.74) is 0.909. The third kappa shape index (κ3) is 5.02. The van der Waals surface area contributed by atoms with Gasteiger partial charge < -0.3 is 4.74 Å². The number of carbonyl (C=O) groups is 2. The molecule has 0 amide bonds. The summed E-state index contributed by atoms with van der Waals surface area (Å²) >= 11 is 0. The molecule has 0 heterocycles. The van der Waals surface area contributed by atoms with Crippen LogP contribution in [0.2, 0.25) is 0 Å². The van der Waals surface area contributed by atoms with E-state index in [0.29, 0.717) is 11.1 Å². The van der Waals surface area contributed by atoms with E-state index >= 15 is 0 Å². The number of nitrogens with zero attached hydrogens (tertiary/aromatic N) is 1. The van der Waals surface area contributed by atoms with Crippen LogP contribution in [0.1, 0.15) is 35.7 Å². The maximum atomic E-state index is 11.9. The fourth-order valence-corrected chi connectivity index (χ4v) is 1.62. The molecular weight excluding hydrogens is 258 g/mol. The molecule has 1 unspecified atom stereocenters. The predicted octanol–water partition coefficient (Wildman–Crippen LogP) is 1.81. The van der Waals surface area contributed by atoms with Crippen LogP contribution in [0.25, 0.3) is 0 Å². The number of ketones is 1. The highest BCUT2D eigenvalue weighted by atomic mass is 16.5. The third-order valence-electron chi connectivity index (χ3n) is 2.71. The van der Waals surface area contributed by atoms with Crippen LogP contribution < -0.4 is 0 Å². The van der Waals surface area contributed by atoms with E-state index in [0.717, 1.165) is 0 Å². The highest BCUT2D eigenvalue weighted by Gasteiger charge is 2.16. The molecule has 0 saturated heterocycles. The summed E-state index contributed by atoms with van der Waals surface area (Å²) in [5, 5.41) is 8.66. The number of nitriles is 1. The molecule has 1 atom stereocenters. The van der Waals surface area contributed by atoms with Crippen molar-refractivity contribution in [3.8, 4) is 6.07 Å². The summed E-state index contributed by atoms with van der Waals surface area (Å²) in [4.78, 5) is 33.3. The average molecular weight is 272 g/mol. The zero-order valence-corrected chi connectivity index (χ0v) is 11.1. The SMILES string of the molecule is CC(=O)OCCC([C]=O)CC(=O)c1ccc(C#N)cc1. The Morgan fingerprint density at radius 3 is 2.45 bits per heavy atom. The van der Waals surface area contributed by atoms with Crippen molar-refractivity contribution in [3.05, 3.63) is 35.4 Å². The van der Waals surface area contributed by atoms with Gasteiger partial charge in [-0.3, -0.25) is 14.4 Å². The second-order valence-electron chi connectivity index (χ2n) is 4.26. The molecule has 0 N–H and O–H groups in total. The first kappa shape index (κ1) is 15.6. The Hall–Kier alpha value is -2.48. The monoisotopic (exact) mass is 272 g/mol. The molecule has 0 aromatic heterocycles. The Labute approximate surface area is 117 Å². The minimum Gasteiger partial charge on any atom is -0.466 e. The van der Waals surface area contributed by atoms with Gasteiger partial charge in [0.2, 0.25) is 6.29 Å². The summed E-state index contributed by atoms with van der Waals surface area (Å²) in [6, 6.07) is 8.16. The van der Waals surface area contributed by atoms with Crippen molar-refractivity contribution in [2.75, 3.05) is 6.61 Å². The van der Waals surface area contributed by atoms with Gasteiger partial charge in [-0.25, -0.2) is 0 Å². The smallest absolute Gasteiger partial charge is 0.302 e. The highest BCUT2D eigenvalue weighted by Crippen LogP contribution is 2.13. The first-order valence-corrected chi connectivity index (χ1v) is 6.11. The molecule has 1 radical (unpaired) electrons. The van der Waals surface area contributed by atoms with Gasteiger partial charge in [-0.1, -0.05) is 12.1 Å². The molecule has 0 saturated carbocycles. The Balaban J connectivity index is 2.55. The van der Waals surface area contributed by atoms with Gasteiger partial charge in [0.25, 0.3) is 0 Å². The lowest BCUT2D eigenvalue weighted by molar-refractivity contribution is -0.141. The predicted molar refractivity (Wildman–Crippen MR) is 70.5 cm³/mol. The van der Waals surface area contributed by atoms with Gasteiger partial charge in [0.1, 0.15) is 0 Å². The van der Waals surface area contributed by atoms with Crippen molar-refractivity contribution in [3.63, 3.8) is 0 Å². The maximum absolute atomic E-state index is 11.9. The van der Waals surface area contributed by atoms with Gasteiger partial charge >= 0.3 is 5.97 Å². The van der Waals surface area contributed by atoms with E-state index < -0.39 is 11.9 Å². The van der Waals surface area contributed by atoms with E-state index in [1.54, 1.807) is 30.6 Å². The number of esters is 1. The van der Waals surface area contributed by atoms with Crippen molar-refractivity contribution in [2.24, 2.45) is 5.92 Å². The normalized spacial score (nSPS) is 11.2. The molecule has 5 heteroatoms. The van der Waals surface area contributed by atoms with Crippen LogP contribution >= 0.6 is 0 Å². The Kier molecular flexibility index (Phi) is 6.11. The average Bonchev–Trinajstić information content (AvgIpc) is 2.45. The van der Waals surface area contributed by atoms with Crippen LogP contribution in [0.3, 0.4) is 0 Å². The van der Waals surface area contributed by atoms with E-state index in [1.165, 1.54) is 6.92 Å². The van der Waals surface area contributed by atoms with Crippen molar-refractivity contribution in [1.29, 1.82) is 5.26 Å². The zero-order chi connectivity index (χ0) is 15.0. The topological polar surface area (TPSA) is 84.2 Å². The van der Waals surface area contributed by atoms with Crippen molar-refractivity contribution >= 4 is 18.0 Å². The second kappa shape index (κ2) is 7.85. The first-order valence-electron chi connectivity index (χ1n) is 6.11. The lowest BCUT2D eigenvalue weighted by atomic mass is 9.96. The maximum Gasteiger partial charge on any atom is 0.302 e. The fourth-order valence-electron chi connectivity index (χ4n) is 1.62. The van der Waals surface area contributed by atoms with Gasteiger partial charge in [0, 0.05) is 24.8 Å². The second-order valence-corrected chi connectivity index (χ2v) is 4.26. The van der Waals surface area contributed by atoms with E-state index in [4.69, 9.17) is 10.00 Å². The van der Waals surface area contributed by atoms with Crippen LogP contribution in [-0.4, -0.2) is 24.6 Å². The number of hydrogen-bond donors (Lipinski definition) is 0. The molecule has 0 spiro atoms. The molecule has 0 fully saturated rings. The van der Waals surface area contributed by atoms with Gasteiger partial charge in [-0.05, 0) is 18.6 Å². The first-order chi connectivity index (χ1) is 9.56. The summed E-state index contributed by atoms with van der Waals surface area (Å²) in [6.07, 6.45) is 2.06. The summed E-state index contributed by atoms with van der Waals surface area (Å²) in [6.45, 7) is 1.37. The number of rotatable bonds is 7. The molecule has 20 heavy (non-hydrogen) atoms. The van der Waals surface area contributed by atoms with Crippen LogP contribution in [0.15, 0.2) is 24.3 Å². The molecule has 0 aliphatic heterocycles. The van der Waals surface area contributed by atoms with Crippen LogP contribution in [0.5, 0.6) is 0 Å². The van der Waals surface area contributed by atoms with Gasteiger partial charge in [0.15, 0.2) is 5.78 Å². The number of benzene rings is 1. The van der Waals surface area contributed by atoms with Crippen molar-refractivity contribution in [2.45, 2.75) is 19.8 Å². The molecule has 0 bridgehead atoms. The number of carbonyl (C=O) groups excluding carboxylic acids is 3. The van der Waals surface area contributed by atoms with Crippen LogP contribution in [0.4, 0.5) is 0 Å². The Morgan fingerprint density at radius 2 is 1.95 bits per heavy atom. The molecule has 103 valence electrons. The number of Topliss-reactive ketones (excluding diaryl/α,β-unsaturated/α-hetero) is 1. The Bertz CT molecular complexity index is 528. The fraction of sp³-hybridized carbons (Fsp3) is 0.333. The summed E-state index contributed by atoms with van der Waals surface area (Å²) in [5.74, 6) is -1.23.